The van der Waals surface area contributed by atoms with Crippen LogP contribution in [-0.4, -0.2) is 60.6 Å². The van der Waals surface area contributed by atoms with Gasteiger partial charge in [0, 0.05) is 32.6 Å². The van der Waals surface area contributed by atoms with Crippen LogP contribution in [0.3, 0.4) is 0 Å². The second-order valence-corrected chi connectivity index (χ2v) is 4.35. The predicted octanol–water partition coefficient (Wildman–Crippen LogP) is 0.879. The molecule has 1 aliphatic heterocycles. The number of carboxylic acids is 1. The van der Waals surface area contributed by atoms with Crippen LogP contribution in [0.25, 0.3) is 0 Å². The predicted molar refractivity (Wildman–Crippen MR) is 60.0 cm³/mol. The second-order valence-electron chi connectivity index (χ2n) is 4.35. The van der Waals surface area contributed by atoms with Gasteiger partial charge in [0.15, 0.2) is 0 Å². The summed E-state index contributed by atoms with van der Waals surface area (Å²) in [5.41, 5.74) is 0. The molecule has 0 amide bonds. The number of hydrogen-bond donors (Lipinski definition) is 1. The molecule has 0 saturated carbocycles. The van der Waals surface area contributed by atoms with Crippen LogP contribution in [0.1, 0.15) is 25.7 Å². The summed E-state index contributed by atoms with van der Waals surface area (Å²) >= 11 is 0. The Kier molecular flexibility index (Phi) is 5.65. The van der Waals surface area contributed by atoms with E-state index >= 15 is 0 Å². The Bertz CT molecular complexity index is 189. The van der Waals surface area contributed by atoms with Gasteiger partial charge in [-0.1, -0.05) is 6.42 Å². The number of carboxylic acid groups (broad SMARTS) is 1. The van der Waals surface area contributed by atoms with Crippen LogP contribution in [0.5, 0.6) is 0 Å². The normalized spacial score (nSPS) is 19.3. The van der Waals surface area contributed by atoms with Crippen LogP contribution in [0, 0.1) is 0 Å². The van der Waals surface area contributed by atoms with Gasteiger partial charge in [0.2, 0.25) is 0 Å². The van der Waals surface area contributed by atoms with Crippen LogP contribution in [-0.2, 0) is 4.79 Å². The Balaban J connectivity index is 1.94. The largest absolute Gasteiger partial charge is 0.481 e. The second kappa shape index (κ2) is 6.80. The summed E-state index contributed by atoms with van der Waals surface area (Å²) in [6, 6.07) is 0. The van der Waals surface area contributed by atoms with Gasteiger partial charge in [-0.3, -0.25) is 4.79 Å². The monoisotopic (exact) mass is 214 g/mol. The third-order valence-corrected chi connectivity index (χ3v) is 2.96. The SMILES string of the molecule is CN1CCN(CCCCCC(=O)O)CC1. The minimum absolute atomic E-state index is 0.322. The highest BCUT2D eigenvalue weighted by molar-refractivity contribution is 5.66. The van der Waals surface area contributed by atoms with E-state index in [1.807, 2.05) is 0 Å². The molecule has 4 nitrogen and oxygen atoms in total. The molecule has 15 heavy (non-hydrogen) atoms. The standard InChI is InChI=1S/C11H22N2O2/c1-12-7-9-13(10-8-12)6-4-2-3-5-11(14)15/h2-10H2,1H3,(H,14,15). The van der Waals surface area contributed by atoms with Crippen molar-refractivity contribution < 1.29 is 9.90 Å². The lowest BCUT2D eigenvalue weighted by Gasteiger charge is -2.32. The molecule has 88 valence electrons. The quantitative estimate of drug-likeness (QED) is 0.667. The van der Waals surface area contributed by atoms with Crippen molar-refractivity contribution in [3.63, 3.8) is 0 Å². The molecule has 1 saturated heterocycles. The average Bonchev–Trinajstić information content (AvgIpc) is 2.20. The first-order valence-electron chi connectivity index (χ1n) is 5.81. The highest BCUT2D eigenvalue weighted by atomic mass is 16.4. The summed E-state index contributed by atoms with van der Waals surface area (Å²) < 4.78 is 0. The van der Waals surface area contributed by atoms with Crippen molar-refractivity contribution in [3.8, 4) is 0 Å². The molecule has 0 aromatic heterocycles. The molecule has 1 heterocycles. The lowest BCUT2D eigenvalue weighted by atomic mass is 10.2. The van der Waals surface area contributed by atoms with Gasteiger partial charge in [0.25, 0.3) is 0 Å². The first-order chi connectivity index (χ1) is 7.18. The van der Waals surface area contributed by atoms with E-state index in [-0.39, 0.29) is 0 Å². The fourth-order valence-electron chi connectivity index (χ4n) is 1.86. The van der Waals surface area contributed by atoms with Gasteiger partial charge in [-0.25, -0.2) is 0 Å². The molecular formula is C11H22N2O2. The molecule has 0 atom stereocenters. The fraction of sp³-hybridized carbons (Fsp3) is 0.909. The van der Waals surface area contributed by atoms with Gasteiger partial charge < -0.3 is 14.9 Å². The summed E-state index contributed by atoms with van der Waals surface area (Å²) in [5, 5.41) is 8.47. The number of likely N-dealkylation sites (N-methyl/N-ethyl adjacent to an activating group) is 1. The zero-order valence-electron chi connectivity index (χ0n) is 9.61. The van der Waals surface area contributed by atoms with E-state index < -0.39 is 5.97 Å². The summed E-state index contributed by atoms with van der Waals surface area (Å²) in [6.45, 7) is 5.78. The number of rotatable bonds is 6. The van der Waals surface area contributed by atoms with Crippen LogP contribution in [0.4, 0.5) is 0 Å². The van der Waals surface area contributed by atoms with Crippen molar-refractivity contribution in [2.75, 3.05) is 39.8 Å². The molecule has 0 aromatic carbocycles. The maximum atomic E-state index is 10.3. The summed E-state index contributed by atoms with van der Waals surface area (Å²) in [7, 11) is 2.16. The van der Waals surface area contributed by atoms with Crippen molar-refractivity contribution in [1.29, 1.82) is 0 Å². The number of aliphatic carboxylic acids is 1. The zero-order valence-corrected chi connectivity index (χ0v) is 9.61. The van der Waals surface area contributed by atoms with Crippen molar-refractivity contribution in [1.82, 2.24) is 9.80 Å². The molecule has 0 radical (unpaired) electrons. The molecule has 0 aliphatic carbocycles. The van der Waals surface area contributed by atoms with E-state index in [0.717, 1.165) is 52.0 Å². The molecule has 0 unspecified atom stereocenters. The van der Waals surface area contributed by atoms with Crippen LogP contribution < -0.4 is 0 Å². The molecule has 1 aliphatic rings. The van der Waals surface area contributed by atoms with Gasteiger partial charge in [-0.05, 0) is 26.4 Å². The molecule has 0 spiro atoms. The van der Waals surface area contributed by atoms with E-state index in [0.29, 0.717) is 6.42 Å². The van der Waals surface area contributed by atoms with Crippen LogP contribution in [0.2, 0.25) is 0 Å². The van der Waals surface area contributed by atoms with Crippen molar-refractivity contribution in [2.24, 2.45) is 0 Å². The molecule has 1 rings (SSSR count). The molecular weight excluding hydrogens is 192 g/mol. The molecule has 4 heteroatoms. The number of unbranched alkanes of at least 4 members (excludes halogenated alkanes) is 2. The first-order valence-corrected chi connectivity index (χ1v) is 5.81. The maximum Gasteiger partial charge on any atom is 0.303 e. The third-order valence-electron chi connectivity index (χ3n) is 2.96. The molecule has 1 fully saturated rings. The zero-order chi connectivity index (χ0) is 11.1. The summed E-state index contributed by atoms with van der Waals surface area (Å²) in [5.74, 6) is -0.672. The number of piperazine rings is 1. The van der Waals surface area contributed by atoms with E-state index in [4.69, 9.17) is 5.11 Å². The minimum atomic E-state index is -0.672. The van der Waals surface area contributed by atoms with E-state index in [9.17, 15) is 4.79 Å². The number of hydrogen-bond acceptors (Lipinski definition) is 3. The topological polar surface area (TPSA) is 43.8 Å². The first kappa shape index (κ1) is 12.5. The average molecular weight is 214 g/mol. The summed E-state index contributed by atoms with van der Waals surface area (Å²) in [6.07, 6.45) is 3.32. The Morgan fingerprint density at radius 1 is 1.13 bits per heavy atom. The number of carbonyl (C=O) groups is 1. The van der Waals surface area contributed by atoms with E-state index in [2.05, 4.69) is 16.8 Å². The van der Waals surface area contributed by atoms with Crippen LogP contribution >= 0.6 is 0 Å². The van der Waals surface area contributed by atoms with Gasteiger partial charge in [-0.2, -0.15) is 0 Å². The lowest BCUT2D eigenvalue weighted by Crippen LogP contribution is -2.44. The lowest BCUT2D eigenvalue weighted by molar-refractivity contribution is -0.137. The van der Waals surface area contributed by atoms with Gasteiger partial charge >= 0.3 is 5.97 Å². The van der Waals surface area contributed by atoms with Gasteiger partial charge in [0.1, 0.15) is 0 Å². The van der Waals surface area contributed by atoms with Crippen molar-refractivity contribution in [3.05, 3.63) is 0 Å². The Labute approximate surface area is 91.9 Å². The molecule has 0 aromatic rings. The highest BCUT2D eigenvalue weighted by Crippen LogP contribution is 2.04. The fourth-order valence-corrected chi connectivity index (χ4v) is 1.86. The maximum absolute atomic E-state index is 10.3. The molecule has 0 bridgehead atoms. The van der Waals surface area contributed by atoms with E-state index in [1.54, 1.807) is 0 Å². The smallest absolute Gasteiger partial charge is 0.303 e. The van der Waals surface area contributed by atoms with Crippen molar-refractivity contribution >= 4 is 5.97 Å². The minimum Gasteiger partial charge on any atom is -0.481 e. The van der Waals surface area contributed by atoms with Crippen molar-refractivity contribution in [2.45, 2.75) is 25.7 Å². The Morgan fingerprint density at radius 3 is 2.40 bits per heavy atom. The van der Waals surface area contributed by atoms with Crippen LogP contribution in [0.15, 0.2) is 0 Å². The number of nitrogens with zero attached hydrogens (tertiary/aromatic N) is 2. The highest BCUT2D eigenvalue weighted by Gasteiger charge is 2.12. The third kappa shape index (κ3) is 5.74. The van der Waals surface area contributed by atoms with Gasteiger partial charge in [-0.15, -0.1) is 0 Å². The van der Waals surface area contributed by atoms with E-state index in [1.165, 1.54) is 0 Å². The molecule has 1 N–H and O–H groups in total. The van der Waals surface area contributed by atoms with Gasteiger partial charge in [0.05, 0.1) is 0 Å². The summed E-state index contributed by atoms with van der Waals surface area (Å²) in [4.78, 5) is 15.1. The Hall–Kier alpha value is -0.610. The Morgan fingerprint density at radius 2 is 1.80 bits per heavy atom.